The van der Waals surface area contributed by atoms with E-state index >= 15 is 0 Å². The second-order valence-electron chi connectivity index (χ2n) is 9.33. The molecule has 0 spiro atoms. The lowest BCUT2D eigenvalue weighted by molar-refractivity contribution is 0.0533. The molecule has 1 aliphatic rings. The zero-order valence-corrected chi connectivity index (χ0v) is 22.1. The zero-order chi connectivity index (χ0) is 27.2. The fraction of sp³-hybridized carbons (Fsp3) is 0.357. The number of hydrogen-bond donors (Lipinski definition) is 0. The smallest absolute Gasteiger partial charge is 0.409 e. The summed E-state index contributed by atoms with van der Waals surface area (Å²) in [5.41, 5.74) is 2.77. The fourth-order valence-corrected chi connectivity index (χ4v) is 4.25. The molecule has 11 heteroatoms. The lowest BCUT2D eigenvalue weighted by Crippen LogP contribution is -2.51. The number of carbonyl (C=O) groups excluding carboxylic acids is 1. The molecule has 0 unspecified atom stereocenters. The van der Waals surface area contributed by atoms with E-state index in [-0.39, 0.29) is 17.6 Å². The summed E-state index contributed by atoms with van der Waals surface area (Å²) in [4.78, 5) is 35.2. The van der Waals surface area contributed by atoms with Crippen molar-refractivity contribution < 1.29 is 14.3 Å². The highest BCUT2D eigenvalue weighted by Crippen LogP contribution is 2.23. The first kappa shape index (κ1) is 26.1. The molecule has 1 saturated heterocycles. The maximum Gasteiger partial charge on any atom is 0.409 e. The van der Waals surface area contributed by atoms with Crippen molar-refractivity contribution in [1.82, 2.24) is 34.4 Å². The van der Waals surface area contributed by atoms with Gasteiger partial charge in [0.25, 0.3) is 0 Å². The topological polar surface area (TPSA) is 117 Å². The molecule has 0 bridgehead atoms. The number of rotatable bonds is 10. The van der Waals surface area contributed by atoms with Crippen LogP contribution in [0.2, 0.25) is 0 Å². The average Bonchev–Trinajstić information content (AvgIpc) is 3.40. The Morgan fingerprint density at radius 3 is 2.69 bits per heavy atom. The highest BCUT2D eigenvalue weighted by Gasteiger charge is 2.33. The molecule has 3 aromatic heterocycles. The van der Waals surface area contributed by atoms with Crippen LogP contribution in [-0.4, -0.2) is 66.8 Å². The third-order valence-corrected chi connectivity index (χ3v) is 6.45. The SMILES string of the molecule is CCCCOC(=O)N1CC(n2cc(-n3ccc(=O)c(Cc4cccc(-c5ncc(OCC)cn5)c4)n3)cn2)C1. The second kappa shape index (κ2) is 11.9. The zero-order valence-electron chi connectivity index (χ0n) is 22.1. The summed E-state index contributed by atoms with van der Waals surface area (Å²) >= 11 is 0. The van der Waals surface area contributed by atoms with Crippen molar-refractivity contribution in [3.05, 3.63) is 82.8 Å². The summed E-state index contributed by atoms with van der Waals surface area (Å²) in [6.45, 7) is 6.05. The van der Waals surface area contributed by atoms with E-state index in [4.69, 9.17) is 9.47 Å². The van der Waals surface area contributed by atoms with Gasteiger partial charge in [0.1, 0.15) is 11.4 Å². The van der Waals surface area contributed by atoms with Gasteiger partial charge in [0.05, 0.1) is 44.0 Å². The van der Waals surface area contributed by atoms with E-state index in [1.807, 2.05) is 42.1 Å². The number of nitrogens with zero attached hydrogens (tertiary/aromatic N) is 7. The molecule has 202 valence electrons. The van der Waals surface area contributed by atoms with Crippen LogP contribution in [0.1, 0.15) is 44.0 Å². The number of benzene rings is 1. The quantitative estimate of drug-likeness (QED) is 0.286. The number of carbonyl (C=O) groups is 1. The van der Waals surface area contributed by atoms with Crippen LogP contribution in [-0.2, 0) is 11.2 Å². The van der Waals surface area contributed by atoms with Crippen molar-refractivity contribution in [1.29, 1.82) is 0 Å². The summed E-state index contributed by atoms with van der Waals surface area (Å²) < 4.78 is 14.2. The monoisotopic (exact) mass is 529 g/mol. The van der Waals surface area contributed by atoms with Crippen LogP contribution in [0.4, 0.5) is 4.79 Å². The van der Waals surface area contributed by atoms with Gasteiger partial charge in [0.2, 0.25) is 5.43 Å². The molecular weight excluding hydrogens is 498 g/mol. The molecule has 4 aromatic rings. The van der Waals surface area contributed by atoms with E-state index in [2.05, 4.69) is 27.1 Å². The van der Waals surface area contributed by atoms with Crippen LogP contribution in [0.3, 0.4) is 0 Å². The number of likely N-dealkylation sites (tertiary alicyclic amines) is 1. The van der Waals surface area contributed by atoms with Gasteiger partial charge in [0, 0.05) is 37.3 Å². The molecule has 39 heavy (non-hydrogen) atoms. The van der Waals surface area contributed by atoms with E-state index in [1.54, 1.807) is 34.4 Å². The van der Waals surface area contributed by atoms with Crippen molar-refractivity contribution in [2.75, 3.05) is 26.3 Å². The molecule has 5 rings (SSSR count). The second-order valence-corrected chi connectivity index (χ2v) is 9.33. The van der Waals surface area contributed by atoms with E-state index in [0.717, 1.165) is 29.7 Å². The summed E-state index contributed by atoms with van der Waals surface area (Å²) in [6.07, 6.45) is 10.4. The molecule has 11 nitrogen and oxygen atoms in total. The Morgan fingerprint density at radius 1 is 1.10 bits per heavy atom. The molecule has 0 saturated carbocycles. The van der Waals surface area contributed by atoms with E-state index in [0.29, 0.717) is 50.0 Å². The normalized spacial score (nSPS) is 13.2. The van der Waals surface area contributed by atoms with Gasteiger partial charge in [-0.1, -0.05) is 31.5 Å². The number of amides is 1. The van der Waals surface area contributed by atoms with Gasteiger partial charge in [0.15, 0.2) is 11.6 Å². The Labute approximate surface area is 226 Å². The molecule has 0 atom stereocenters. The average molecular weight is 530 g/mol. The Bertz CT molecular complexity index is 1480. The highest BCUT2D eigenvalue weighted by molar-refractivity contribution is 5.68. The number of hydrogen-bond acceptors (Lipinski definition) is 8. The van der Waals surface area contributed by atoms with Crippen LogP contribution in [0.25, 0.3) is 17.1 Å². The molecule has 0 aliphatic carbocycles. The minimum absolute atomic E-state index is 0.0730. The summed E-state index contributed by atoms with van der Waals surface area (Å²) in [5.74, 6) is 1.20. The van der Waals surface area contributed by atoms with E-state index in [9.17, 15) is 9.59 Å². The number of ether oxygens (including phenoxy) is 2. The largest absolute Gasteiger partial charge is 0.491 e. The van der Waals surface area contributed by atoms with E-state index < -0.39 is 0 Å². The van der Waals surface area contributed by atoms with Crippen molar-refractivity contribution >= 4 is 6.09 Å². The van der Waals surface area contributed by atoms with Gasteiger partial charge >= 0.3 is 6.09 Å². The molecule has 4 heterocycles. The van der Waals surface area contributed by atoms with Crippen molar-refractivity contribution in [2.45, 2.75) is 39.2 Å². The highest BCUT2D eigenvalue weighted by atomic mass is 16.6. The molecule has 1 amide bonds. The van der Waals surface area contributed by atoms with Crippen LogP contribution >= 0.6 is 0 Å². The Hall–Kier alpha value is -4.54. The van der Waals surface area contributed by atoms with Crippen LogP contribution < -0.4 is 10.2 Å². The summed E-state index contributed by atoms with van der Waals surface area (Å²) in [6, 6.07) is 9.33. The predicted molar refractivity (Wildman–Crippen MR) is 144 cm³/mol. The third kappa shape index (κ3) is 6.14. The Kier molecular flexibility index (Phi) is 7.95. The lowest BCUT2D eigenvalue weighted by atomic mass is 10.1. The summed E-state index contributed by atoms with van der Waals surface area (Å²) in [5, 5.41) is 9.05. The molecule has 0 radical (unpaired) electrons. The molecule has 1 fully saturated rings. The van der Waals surface area contributed by atoms with Crippen LogP contribution in [0.5, 0.6) is 5.75 Å². The standard InChI is InChI=1S/C28H31N7O4/c1-3-5-11-39-28(37)33-17-23(18-33)35-19-22(14-31-35)34-10-9-26(36)25(32-34)13-20-7-6-8-21(12-20)27-29-15-24(16-30-27)38-4-2/h6-10,12,14-16,19,23H,3-5,11,13,17-18H2,1-2H3. The first-order chi connectivity index (χ1) is 19.0. The van der Waals surface area contributed by atoms with Crippen molar-refractivity contribution in [2.24, 2.45) is 0 Å². The Morgan fingerprint density at radius 2 is 1.92 bits per heavy atom. The molecular formula is C28H31N7O4. The van der Waals surface area contributed by atoms with Gasteiger partial charge in [-0.15, -0.1) is 0 Å². The number of aromatic nitrogens is 6. The first-order valence-electron chi connectivity index (χ1n) is 13.1. The third-order valence-electron chi connectivity index (χ3n) is 6.45. The minimum atomic E-state index is -0.281. The predicted octanol–water partition coefficient (Wildman–Crippen LogP) is 3.67. The van der Waals surface area contributed by atoms with Gasteiger partial charge in [-0.2, -0.15) is 10.2 Å². The number of unbranched alkanes of at least 4 members (excludes halogenated alkanes) is 1. The summed E-state index contributed by atoms with van der Waals surface area (Å²) in [7, 11) is 0. The maximum absolute atomic E-state index is 12.6. The first-order valence-corrected chi connectivity index (χ1v) is 13.1. The van der Waals surface area contributed by atoms with Crippen LogP contribution in [0, 0.1) is 0 Å². The fourth-order valence-electron chi connectivity index (χ4n) is 4.25. The van der Waals surface area contributed by atoms with Gasteiger partial charge < -0.3 is 14.4 Å². The van der Waals surface area contributed by atoms with E-state index in [1.165, 1.54) is 6.07 Å². The molecule has 1 aromatic carbocycles. The van der Waals surface area contributed by atoms with Crippen LogP contribution in [0.15, 0.2) is 66.1 Å². The maximum atomic E-state index is 12.6. The van der Waals surface area contributed by atoms with Gasteiger partial charge in [-0.05, 0) is 25.0 Å². The van der Waals surface area contributed by atoms with Gasteiger partial charge in [-0.3, -0.25) is 9.48 Å². The Balaban J connectivity index is 1.25. The van der Waals surface area contributed by atoms with Crippen molar-refractivity contribution in [3.63, 3.8) is 0 Å². The lowest BCUT2D eigenvalue weighted by Gasteiger charge is -2.38. The molecule has 0 N–H and O–H groups in total. The minimum Gasteiger partial charge on any atom is -0.491 e. The van der Waals surface area contributed by atoms with Crippen molar-refractivity contribution in [3.8, 4) is 22.8 Å². The molecule has 1 aliphatic heterocycles. The van der Waals surface area contributed by atoms with Gasteiger partial charge in [-0.25, -0.2) is 19.4 Å².